The van der Waals surface area contributed by atoms with E-state index in [0.717, 1.165) is 6.29 Å². The Morgan fingerprint density at radius 3 is 2.18 bits per heavy atom. The lowest BCUT2D eigenvalue weighted by atomic mass is 9.85. The summed E-state index contributed by atoms with van der Waals surface area (Å²) in [6.45, 7) is 11.0. The zero-order valence-electron chi connectivity index (χ0n) is 7.13. The molecule has 1 nitrogen and oxygen atoms in total. The van der Waals surface area contributed by atoms with Gasteiger partial charge in [0.2, 0.25) is 0 Å². The van der Waals surface area contributed by atoms with Crippen LogP contribution in [0.25, 0.3) is 0 Å². The van der Waals surface area contributed by atoms with Gasteiger partial charge in [0, 0.05) is 11.0 Å². The Balaban J connectivity index is 4.76. The third-order valence-corrected chi connectivity index (χ3v) is 1.68. The molecule has 60 valence electrons. The Labute approximate surface area is 68.1 Å². The minimum absolute atomic E-state index is 0.254. The van der Waals surface area contributed by atoms with Crippen molar-refractivity contribution in [1.29, 1.82) is 0 Å². The van der Waals surface area contributed by atoms with Gasteiger partial charge in [0.05, 0.1) is 0 Å². The van der Waals surface area contributed by atoms with Gasteiger partial charge < -0.3 is 0 Å². The minimum atomic E-state index is -0.254. The van der Waals surface area contributed by atoms with Crippen LogP contribution in [-0.4, -0.2) is 6.29 Å². The summed E-state index contributed by atoms with van der Waals surface area (Å²) >= 11 is 0. The highest BCUT2D eigenvalue weighted by atomic mass is 16.1. The fourth-order valence-electron chi connectivity index (χ4n) is 0.651. The van der Waals surface area contributed by atoms with Crippen molar-refractivity contribution in [3.05, 3.63) is 37.0 Å². The average Bonchev–Trinajstić information content (AvgIpc) is 2.00. The van der Waals surface area contributed by atoms with E-state index in [0.29, 0.717) is 5.57 Å². The van der Waals surface area contributed by atoms with E-state index in [2.05, 4.69) is 13.2 Å². The Kier molecular flexibility index (Phi) is 3.52. The quantitative estimate of drug-likeness (QED) is 0.260. The molecular weight excluding hydrogens is 136 g/mol. The van der Waals surface area contributed by atoms with Gasteiger partial charge in [-0.15, -0.1) is 6.58 Å². The molecule has 0 fully saturated rings. The van der Waals surface area contributed by atoms with Crippen LogP contribution < -0.4 is 0 Å². The summed E-state index contributed by atoms with van der Waals surface area (Å²) in [7, 11) is 0. The molecule has 0 rings (SSSR count). The van der Waals surface area contributed by atoms with Crippen molar-refractivity contribution in [3.63, 3.8) is 0 Å². The molecule has 0 bridgehead atoms. The second-order valence-electron chi connectivity index (χ2n) is 2.90. The van der Waals surface area contributed by atoms with Crippen molar-refractivity contribution in [2.45, 2.75) is 13.8 Å². The lowest BCUT2D eigenvalue weighted by Crippen LogP contribution is -2.11. The van der Waals surface area contributed by atoms with Crippen molar-refractivity contribution in [3.8, 4) is 0 Å². The van der Waals surface area contributed by atoms with Gasteiger partial charge in [-0.3, -0.25) is 4.79 Å². The van der Waals surface area contributed by atoms with E-state index >= 15 is 0 Å². The first-order chi connectivity index (χ1) is 5.08. The van der Waals surface area contributed by atoms with Crippen LogP contribution in [0.1, 0.15) is 13.8 Å². The summed E-state index contributed by atoms with van der Waals surface area (Å²) in [5, 5.41) is 0. The molecule has 1 heteroatoms. The van der Waals surface area contributed by atoms with E-state index in [9.17, 15) is 4.79 Å². The predicted molar refractivity (Wildman–Crippen MR) is 48.3 cm³/mol. The number of allylic oxidation sites excluding steroid dienone is 4. The fourth-order valence-corrected chi connectivity index (χ4v) is 0.651. The molecule has 0 aliphatic heterocycles. The van der Waals surface area contributed by atoms with Crippen LogP contribution in [0.5, 0.6) is 0 Å². The number of aldehydes is 1. The molecule has 0 saturated heterocycles. The third-order valence-electron chi connectivity index (χ3n) is 1.68. The first-order valence-electron chi connectivity index (χ1n) is 3.50. The summed E-state index contributed by atoms with van der Waals surface area (Å²) in [6, 6.07) is 0. The van der Waals surface area contributed by atoms with Crippen LogP contribution >= 0.6 is 0 Å². The standard InChI is InChI=1S/C10H14O/c1-5-7-9(8-11)10(3,4)6-2/h5-8H,1-2H2,3-4H3/b9-7+. The van der Waals surface area contributed by atoms with Crippen molar-refractivity contribution in [2.24, 2.45) is 5.41 Å². The lowest BCUT2D eigenvalue weighted by molar-refractivity contribution is -0.105. The highest BCUT2D eigenvalue weighted by Crippen LogP contribution is 2.25. The van der Waals surface area contributed by atoms with E-state index in [-0.39, 0.29) is 5.41 Å². The van der Waals surface area contributed by atoms with Gasteiger partial charge in [0.1, 0.15) is 6.29 Å². The summed E-state index contributed by atoms with van der Waals surface area (Å²) in [4.78, 5) is 10.5. The molecule has 0 amide bonds. The maximum atomic E-state index is 10.5. The van der Waals surface area contributed by atoms with E-state index < -0.39 is 0 Å². The van der Waals surface area contributed by atoms with E-state index in [1.807, 2.05) is 13.8 Å². The van der Waals surface area contributed by atoms with Crippen LogP contribution in [0.3, 0.4) is 0 Å². The summed E-state index contributed by atoms with van der Waals surface area (Å²) in [6.07, 6.45) is 5.89. The van der Waals surface area contributed by atoms with Gasteiger partial charge >= 0.3 is 0 Å². The number of carbonyl (C=O) groups is 1. The molecule has 0 aromatic rings. The van der Waals surface area contributed by atoms with E-state index in [1.165, 1.54) is 0 Å². The molecule has 11 heavy (non-hydrogen) atoms. The monoisotopic (exact) mass is 150 g/mol. The van der Waals surface area contributed by atoms with Crippen molar-refractivity contribution < 1.29 is 4.79 Å². The highest BCUT2D eigenvalue weighted by Gasteiger charge is 2.17. The summed E-state index contributed by atoms with van der Waals surface area (Å²) in [5.74, 6) is 0. The molecule has 0 aliphatic rings. The summed E-state index contributed by atoms with van der Waals surface area (Å²) < 4.78 is 0. The van der Waals surface area contributed by atoms with E-state index in [4.69, 9.17) is 0 Å². The van der Waals surface area contributed by atoms with Gasteiger partial charge in [-0.05, 0) is 0 Å². The van der Waals surface area contributed by atoms with Crippen LogP contribution in [0.4, 0.5) is 0 Å². The first kappa shape index (κ1) is 9.89. The second-order valence-corrected chi connectivity index (χ2v) is 2.90. The lowest BCUT2D eigenvalue weighted by Gasteiger charge is -2.18. The van der Waals surface area contributed by atoms with Gasteiger partial charge in [-0.25, -0.2) is 0 Å². The Bertz CT molecular complexity index is 197. The van der Waals surface area contributed by atoms with Crippen LogP contribution in [-0.2, 0) is 4.79 Å². The second kappa shape index (κ2) is 3.91. The SMILES string of the molecule is C=C/C=C(\C=O)C(C)(C)C=C. The smallest absolute Gasteiger partial charge is 0.146 e. The number of carbonyl (C=O) groups excluding carboxylic acids is 1. The maximum absolute atomic E-state index is 10.5. The van der Waals surface area contributed by atoms with E-state index in [1.54, 1.807) is 18.2 Å². The summed E-state index contributed by atoms with van der Waals surface area (Å²) in [5.41, 5.74) is 0.443. The molecule has 0 radical (unpaired) electrons. The number of rotatable bonds is 4. The largest absolute Gasteiger partial charge is 0.298 e. The van der Waals surface area contributed by atoms with Crippen molar-refractivity contribution in [2.75, 3.05) is 0 Å². The average molecular weight is 150 g/mol. The fraction of sp³-hybridized carbons (Fsp3) is 0.300. The molecule has 0 saturated carbocycles. The van der Waals surface area contributed by atoms with Gasteiger partial charge in [0.15, 0.2) is 0 Å². The highest BCUT2D eigenvalue weighted by molar-refractivity contribution is 5.76. The third kappa shape index (κ3) is 2.54. The minimum Gasteiger partial charge on any atom is -0.298 e. The molecule has 0 spiro atoms. The van der Waals surface area contributed by atoms with Crippen LogP contribution in [0.2, 0.25) is 0 Å². The zero-order chi connectivity index (χ0) is 8.91. The molecule has 0 N–H and O–H groups in total. The maximum Gasteiger partial charge on any atom is 0.146 e. The van der Waals surface area contributed by atoms with Crippen LogP contribution in [0.15, 0.2) is 37.0 Å². The molecule has 0 heterocycles. The van der Waals surface area contributed by atoms with Gasteiger partial charge in [-0.2, -0.15) is 0 Å². The normalized spacial score (nSPS) is 12.4. The molecule has 0 aromatic heterocycles. The molecule has 0 atom stereocenters. The van der Waals surface area contributed by atoms with Crippen molar-refractivity contribution >= 4 is 6.29 Å². The number of hydrogen-bond donors (Lipinski definition) is 0. The van der Waals surface area contributed by atoms with Crippen molar-refractivity contribution in [1.82, 2.24) is 0 Å². The zero-order valence-corrected chi connectivity index (χ0v) is 7.13. The topological polar surface area (TPSA) is 17.1 Å². The number of hydrogen-bond acceptors (Lipinski definition) is 1. The Hall–Kier alpha value is -1.11. The Morgan fingerprint density at radius 1 is 1.36 bits per heavy atom. The molecular formula is C10H14O. The molecule has 0 unspecified atom stereocenters. The Morgan fingerprint density at radius 2 is 1.91 bits per heavy atom. The molecule has 0 aliphatic carbocycles. The predicted octanol–water partition coefficient (Wildman–Crippen LogP) is 2.51. The van der Waals surface area contributed by atoms with Crippen LogP contribution in [0, 0.1) is 5.41 Å². The molecule has 0 aromatic carbocycles. The van der Waals surface area contributed by atoms with Gasteiger partial charge in [0.25, 0.3) is 0 Å². The first-order valence-corrected chi connectivity index (χ1v) is 3.50. The van der Waals surface area contributed by atoms with Gasteiger partial charge in [-0.1, -0.05) is 38.7 Å².